The Labute approximate surface area is 115 Å². The van der Waals surface area contributed by atoms with Gasteiger partial charge in [-0.25, -0.2) is 4.68 Å². The van der Waals surface area contributed by atoms with Crippen molar-refractivity contribution in [3.63, 3.8) is 0 Å². The molecule has 0 unspecified atom stereocenters. The van der Waals surface area contributed by atoms with E-state index in [1.807, 2.05) is 4.68 Å². The summed E-state index contributed by atoms with van der Waals surface area (Å²) in [5, 5.41) is 0. The Balaban J connectivity index is 2.44. The van der Waals surface area contributed by atoms with E-state index >= 15 is 0 Å². The molecule has 1 aromatic heterocycles. The minimum atomic E-state index is 0.0391. The van der Waals surface area contributed by atoms with Gasteiger partial charge in [-0.1, -0.05) is 39.5 Å². The second kappa shape index (κ2) is 6.31. The van der Waals surface area contributed by atoms with Crippen LogP contribution < -0.4 is 11.3 Å². The molecule has 0 aromatic carbocycles. The van der Waals surface area contributed by atoms with Crippen molar-refractivity contribution in [2.45, 2.75) is 77.8 Å². The number of anilines is 1. The van der Waals surface area contributed by atoms with Crippen molar-refractivity contribution < 1.29 is 0 Å². The molecule has 1 aliphatic rings. The molecule has 0 aliphatic heterocycles. The summed E-state index contributed by atoms with van der Waals surface area (Å²) in [5.41, 5.74) is 7.57. The molecule has 1 aromatic rings. The van der Waals surface area contributed by atoms with Crippen LogP contribution in [0.2, 0.25) is 0 Å². The van der Waals surface area contributed by atoms with E-state index in [-0.39, 0.29) is 5.56 Å². The molecule has 2 rings (SSSR count). The van der Waals surface area contributed by atoms with Crippen LogP contribution in [-0.2, 0) is 13.0 Å². The summed E-state index contributed by atoms with van der Waals surface area (Å²) in [6.45, 7) is 5.12. The van der Waals surface area contributed by atoms with E-state index in [9.17, 15) is 4.79 Å². The molecule has 108 valence electrons. The second-order valence-electron chi connectivity index (χ2n) is 5.63. The van der Waals surface area contributed by atoms with Gasteiger partial charge in [0, 0.05) is 6.54 Å². The van der Waals surface area contributed by atoms with Gasteiger partial charge >= 0.3 is 0 Å². The van der Waals surface area contributed by atoms with Crippen LogP contribution in [0.5, 0.6) is 0 Å². The van der Waals surface area contributed by atoms with Crippen LogP contribution in [0, 0.1) is 0 Å². The van der Waals surface area contributed by atoms with Crippen molar-refractivity contribution in [2.75, 3.05) is 5.73 Å². The average molecular weight is 265 g/mol. The Morgan fingerprint density at radius 2 is 1.79 bits per heavy atom. The van der Waals surface area contributed by atoms with Crippen LogP contribution in [-0.4, -0.2) is 9.36 Å². The van der Waals surface area contributed by atoms with Gasteiger partial charge in [-0.05, 0) is 25.7 Å². The fourth-order valence-electron chi connectivity index (χ4n) is 3.32. The standard InChI is InChI=1S/C15H27N3O/c1-3-11-17-13(4-2)14(16)15(19)18(17)12-9-7-5-6-8-10-12/h12H,3-11,16H2,1-2H3. The number of nitrogens with zero attached hydrogens (tertiary/aromatic N) is 2. The first kappa shape index (κ1) is 14.2. The molecule has 0 spiro atoms. The van der Waals surface area contributed by atoms with Gasteiger partial charge in [0.15, 0.2) is 0 Å². The Kier molecular flexibility index (Phi) is 4.72. The molecule has 0 radical (unpaired) electrons. The summed E-state index contributed by atoms with van der Waals surface area (Å²) >= 11 is 0. The lowest BCUT2D eigenvalue weighted by atomic mass is 10.1. The van der Waals surface area contributed by atoms with Gasteiger partial charge in [0.1, 0.15) is 5.69 Å². The van der Waals surface area contributed by atoms with Crippen molar-refractivity contribution in [1.82, 2.24) is 9.36 Å². The molecule has 4 nitrogen and oxygen atoms in total. The molecular formula is C15H27N3O. The zero-order chi connectivity index (χ0) is 13.8. The Hall–Kier alpha value is -1.19. The maximum absolute atomic E-state index is 12.5. The van der Waals surface area contributed by atoms with Crippen LogP contribution in [0.15, 0.2) is 4.79 Å². The zero-order valence-corrected chi connectivity index (χ0v) is 12.3. The lowest BCUT2D eigenvalue weighted by Gasteiger charge is -2.21. The molecule has 0 atom stereocenters. The molecule has 19 heavy (non-hydrogen) atoms. The SMILES string of the molecule is CCCn1c(CC)c(N)c(=O)n1C1CCCCCC1. The van der Waals surface area contributed by atoms with Gasteiger partial charge in [0.25, 0.3) is 5.56 Å². The maximum Gasteiger partial charge on any atom is 0.290 e. The Morgan fingerprint density at radius 1 is 1.16 bits per heavy atom. The third-order valence-electron chi connectivity index (χ3n) is 4.26. The summed E-state index contributed by atoms with van der Waals surface area (Å²) in [5.74, 6) is 0. The van der Waals surface area contributed by atoms with E-state index in [0.717, 1.165) is 37.9 Å². The van der Waals surface area contributed by atoms with Crippen molar-refractivity contribution in [3.05, 3.63) is 16.0 Å². The summed E-state index contributed by atoms with van der Waals surface area (Å²) in [7, 11) is 0. The predicted octanol–water partition coefficient (Wildman–Crippen LogP) is 3.10. The quantitative estimate of drug-likeness (QED) is 0.850. The fourth-order valence-corrected chi connectivity index (χ4v) is 3.32. The minimum absolute atomic E-state index is 0.0391. The predicted molar refractivity (Wildman–Crippen MR) is 79.5 cm³/mol. The first-order chi connectivity index (χ1) is 9.20. The van der Waals surface area contributed by atoms with E-state index < -0.39 is 0 Å². The van der Waals surface area contributed by atoms with Crippen molar-refractivity contribution >= 4 is 5.69 Å². The van der Waals surface area contributed by atoms with Crippen LogP contribution in [0.3, 0.4) is 0 Å². The topological polar surface area (TPSA) is 52.9 Å². The highest BCUT2D eigenvalue weighted by atomic mass is 16.1. The van der Waals surface area contributed by atoms with Gasteiger partial charge in [0.2, 0.25) is 0 Å². The number of hydrogen-bond donors (Lipinski definition) is 1. The minimum Gasteiger partial charge on any atom is -0.393 e. The maximum atomic E-state index is 12.5. The largest absolute Gasteiger partial charge is 0.393 e. The lowest BCUT2D eigenvalue weighted by molar-refractivity contribution is 0.323. The van der Waals surface area contributed by atoms with Crippen molar-refractivity contribution in [1.29, 1.82) is 0 Å². The molecule has 1 aliphatic carbocycles. The second-order valence-corrected chi connectivity index (χ2v) is 5.63. The smallest absolute Gasteiger partial charge is 0.290 e. The molecule has 1 saturated carbocycles. The fraction of sp³-hybridized carbons (Fsp3) is 0.800. The monoisotopic (exact) mass is 265 g/mol. The van der Waals surface area contributed by atoms with E-state index in [1.165, 1.54) is 25.7 Å². The van der Waals surface area contributed by atoms with E-state index in [0.29, 0.717) is 11.7 Å². The number of rotatable bonds is 4. The molecule has 4 heteroatoms. The van der Waals surface area contributed by atoms with E-state index in [1.54, 1.807) is 0 Å². The molecule has 0 bridgehead atoms. The highest BCUT2D eigenvalue weighted by Gasteiger charge is 2.23. The molecule has 0 amide bonds. The van der Waals surface area contributed by atoms with E-state index in [4.69, 9.17) is 5.73 Å². The summed E-state index contributed by atoms with van der Waals surface area (Å²) in [6.07, 6.45) is 9.18. The number of nitrogens with two attached hydrogens (primary N) is 1. The third-order valence-corrected chi connectivity index (χ3v) is 4.26. The highest BCUT2D eigenvalue weighted by Crippen LogP contribution is 2.27. The van der Waals surface area contributed by atoms with E-state index in [2.05, 4.69) is 18.5 Å². The number of hydrogen-bond acceptors (Lipinski definition) is 2. The van der Waals surface area contributed by atoms with Gasteiger partial charge in [-0.3, -0.25) is 9.48 Å². The first-order valence-corrected chi connectivity index (χ1v) is 7.80. The molecule has 1 fully saturated rings. The lowest BCUT2D eigenvalue weighted by Crippen LogP contribution is -2.28. The number of nitrogen functional groups attached to an aromatic ring is 1. The van der Waals surface area contributed by atoms with Crippen molar-refractivity contribution in [3.8, 4) is 0 Å². The number of aromatic nitrogens is 2. The average Bonchev–Trinajstić information content (AvgIpc) is 2.62. The molecule has 1 heterocycles. The van der Waals surface area contributed by atoms with Crippen LogP contribution >= 0.6 is 0 Å². The van der Waals surface area contributed by atoms with Gasteiger partial charge in [-0.15, -0.1) is 0 Å². The van der Waals surface area contributed by atoms with Crippen LogP contribution in [0.25, 0.3) is 0 Å². The van der Waals surface area contributed by atoms with Gasteiger partial charge in [0.05, 0.1) is 11.7 Å². The van der Waals surface area contributed by atoms with Crippen LogP contribution in [0.1, 0.15) is 70.5 Å². The summed E-state index contributed by atoms with van der Waals surface area (Å²) in [6, 6.07) is 0.351. The Bertz CT molecular complexity index is 464. The molecule has 0 saturated heterocycles. The summed E-state index contributed by atoms with van der Waals surface area (Å²) in [4.78, 5) is 12.5. The normalized spacial score (nSPS) is 17.6. The van der Waals surface area contributed by atoms with Crippen molar-refractivity contribution in [2.24, 2.45) is 0 Å². The molecular weight excluding hydrogens is 238 g/mol. The van der Waals surface area contributed by atoms with Gasteiger partial charge in [-0.2, -0.15) is 0 Å². The zero-order valence-electron chi connectivity index (χ0n) is 12.3. The third kappa shape index (κ3) is 2.72. The highest BCUT2D eigenvalue weighted by molar-refractivity contribution is 5.41. The summed E-state index contributed by atoms with van der Waals surface area (Å²) < 4.78 is 4.14. The van der Waals surface area contributed by atoms with Gasteiger partial charge < -0.3 is 5.73 Å². The molecule has 2 N–H and O–H groups in total. The Morgan fingerprint density at radius 3 is 2.32 bits per heavy atom. The first-order valence-electron chi connectivity index (χ1n) is 7.80. The van der Waals surface area contributed by atoms with Crippen LogP contribution in [0.4, 0.5) is 5.69 Å².